The number of fused-ring (bicyclic) bond motifs is 1. The van der Waals surface area contributed by atoms with Gasteiger partial charge in [-0.25, -0.2) is 9.97 Å². The lowest BCUT2D eigenvalue weighted by Gasteiger charge is -2.26. The van der Waals surface area contributed by atoms with Crippen molar-refractivity contribution in [2.75, 3.05) is 18.0 Å². The normalized spacial score (nSPS) is 20.5. The van der Waals surface area contributed by atoms with E-state index in [2.05, 4.69) is 44.5 Å². The quantitative estimate of drug-likeness (QED) is 0.941. The molecule has 2 heterocycles. The van der Waals surface area contributed by atoms with Crippen LogP contribution in [0.15, 0.2) is 36.7 Å². The predicted molar refractivity (Wildman–Crippen MR) is 92.4 cm³/mol. The van der Waals surface area contributed by atoms with Gasteiger partial charge in [0.25, 0.3) is 0 Å². The van der Waals surface area contributed by atoms with Gasteiger partial charge in [0.2, 0.25) is 5.95 Å². The molecule has 0 spiro atoms. The summed E-state index contributed by atoms with van der Waals surface area (Å²) in [4.78, 5) is 11.4. The van der Waals surface area contributed by atoms with Crippen LogP contribution in [0.3, 0.4) is 0 Å². The fourth-order valence-corrected chi connectivity index (χ4v) is 3.73. The molecular weight excluding hydrogens is 284 g/mol. The van der Waals surface area contributed by atoms with Gasteiger partial charge in [0, 0.05) is 43.6 Å². The number of hydrogen-bond acceptors (Lipinski definition) is 4. The first-order valence-electron chi connectivity index (χ1n) is 8.77. The summed E-state index contributed by atoms with van der Waals surface area (Å²) >= 11 is 0. The van der Waals surface area contributed by atoms with E-state index in [1.165, 1.54) is 43.2 Å². The Morgan fingerprint density at radius 3 is 2.65 bits per heavy atom. The third-order valence-corrected chi connectivity index (χ3v) is 5.00. The van der Waals surface area contributed by atoms with Crippen LogP contribution in [0.5, 0.6) is 0 Å². The molecule has 23 heavy (non-hydrogen) atoms. The summed E-state index contributed by atoms with van der Waals surface area (Å²) in [6.07, 6.45) is 10.1. The van der Waals surface area contributed by atoms with Crippen LogP contribution < -0.4 is 10.2 Å². The number of hydrogen-bond donors (Lipinski definition) is 1. The van der Waals surface area contributed by atoms with E-state index in [0.29, 0.717) is 6.04 Å². The van der Waals surface area contributed by atoms with Crippen LogP contribution in [0.4, 0.5) is 5.95 Å². The highest BCUT2D eigenvalue weighted by molar-refractivity contribution is 5.33. The average Bonchev–Trinajstić information content (AvgIpc) is 3.15. The maximum absolute atomic E-state index is 4.54. The molecule has 1 N–H and O–H groups in total. The minimum atomic E-state index is 0.457. The van der Waals surface area contributed by atoms with Gasteiger partial charge in [-0.3, -0.25) is 0 Å². The van der Waals surface area contributed by atoms with Crippen molar-refractivity contribution < 1.29 is 0 Å². The largest absolute Gasteiger partial charge is 0.341 e. The molecule has 0 amide bonds. The van der Waals surface area contributed by atoms with Crippen LogP contribution in [0.1, 0.15) is 48.4 Å². The van der Waals surface area contributed by atoms with Gasteiger partial charge in [0.15, 0.2) is 0 Å². The first-order chi connectivity index (χ1) is 11.4. The van der Waals surface area contributed by atoms with Gasteiger partial charge >= 0.3 is 0 Å². The standard InChI is InChI=1S/C19H24N4/c1-2-8-17-16(6-1)7-5-9-18(17)20-12-15-13-21-19(22-14-15)23-10-3-4-11-23/h1-2,6,8,13-14,18,20H,3-5,7,9-12H2. The summed E-state index contributed by atoms with van der Waals surface area (Å²) in [5.74, 6) is 0.884. The topological polar surface area (TPSA) is 41.1 Å². The molecule has 4 rings (SSSR count). The van der Waals surface area contributed by atoms with Gasteiger partial charge < -0.3 is 10.2 Å². The van der Waals surface area contributed by atoms with Gasteiger partial charge in [-0.2, -0.15) is 0 Å². The Bertz CT molecular complexity index is 647. The van der Waals surface area contributed by atoms with Gasteiger partial charge in [0.05, 0.1) is 0 Å². The molecule has 2 aromatic rings. The lowest BCUT2D eigenvalue weighted by molar-refractivity contribution is 0.458. The number of anilines is 1. The van der Waals surface area contributed by atoms with Crippen molar-refractivity contribution in [3.8, 4) is 0 Å². The third-order valence-electron chi connectivity index (χ3n) is 5.00. The van der Waals surface area contributed by atoms with Gasteiger partial charge in [-0.05, 0) is 43.2 Å². The van der Waals surface area contributed by atoms with Crippen molar-refractivity contribution in [3.63, 3.8) is 0 Å². The van der Waals surface area contributed by atoms with Crippen molar-refractivity contribution in [2.45, 2.75) is 44.7 Å². The predicted octanol–water partition coefficient (Wildman–Crippen LogP) is 3.24. The highest BCUT2D eigenvalue weighted by Crippen LogP contribution is 2.29. The Morgan fingerprint density at radius 2 is 1.83 bits per heavy atom. The molecule has 1 aromatic heterocycles. The molecule has 1 saturated heterocycles. The molecule has 1 unspecified atom stereocenters. The van der Waals surface area contributed by atoms with Crippen LogP contribution in [0, 0.1) is 0 Å². The maximum atomic E-state index is 4.54. The minimum absolute atomic E-state index is 0.457. The van der Waals surface area contributed by atoms with Crippen LogP contribution in [-0.4, -0.2) is 23.1 Å². The summed E-state index contributed by atoms with van der Waals surface area (Å²) in [6, 6.07) is 9.27. The Kier molecular flexibility index (Phi) is 4.24. The molecular formula is C19H24N4. The first kappa shape index (κ1) is 14.6. The van der Waals surface area contributed by atoms with E-state index < -0.39 is 0 Å². The first-order valence-corrected chi connectivity index (χ1v) is 8.77. The molecule has 4 heteroatoms. The molecule has 2 aliphatic rings. The second-order valence-corrected chi connectivity index (χ2v) is 6.61. The lowest BCUT2D eigenvalue weighted by atomic mass is 9.88. The van der Waals surface area contributed by atoms with Crippen LogP contribution in [-0.2, 0) is 13.0 Å². The average molecular weight is 308 g/mol. The van der Waals surface area contributed by atoms with Gasteiger partial charge in [-0.15, -0.1) is 0 Å². The van der Waals surface area contributed by atoms with Crippen molar-refractivity contribution in [2.24, 2.45) is 0 Å². The van der Waals surface area contributed by atoms with E-state index in [4.69, 9.17) is 0 Å². The zero-order valence-electron chi connectivity index (χ0n) is 13.5. The van der Waals surface area contributed by atoms with E-state index in [1.54, 1.807) is 0 Å². The second-order valence-electron chi connectivity index (χ2n) is 6.61. The van der Waals surface area contributed by atoms with E-state index in [1.807, 2.05) is 12.4 Å². The molecule has 0 bridgehead atoms. The zero-order chi connectivity index (χ0) is 15.5. The number of aryl methyl sites for hydroxylation is 1. The summed E-state index contributed by atoms with van der Waals surface area (Å²) < 4.78 is 0. The van der Waals surface area contributed by atoms with Crippen LogP contribution >= 0.6 is 0 Å². The molecule has 4 nitrogen and oxygen atoms in total. The maximum Gasteiger partial charge on any atom is 0.225 e. The Morgan fingerprint density at radius 1 is 1.04 bits per heavy atom. The third kappa shape index (κ3) is 3.22. The molecule has 0 saturated carbocycles. The van der Waals surface area contributed by atoms with Gasteiger partial charge in [0.1, 0.15) is 0 Å². The fourth-order valence-electron chi connectivity index (χ4n) is 3.73. The van der Waals surface area contributed by atoms with Crippen molar-refractivity contribution >= 4 is 5.95 Å². The highest BCUT2D eigenvalue weighted by atomic mass is 15.3. The fraction of sp³-hybridized carbons (Fsp3) is 0.474. The number of aromatic nitrogens is 2. The van der Waals surface area contributed by atoms with E-state index >= 15 is 0 Å². The molecule has 120 valence electrons. The van der Waals surface area contributed by atoms with Crippen molar-refractivity contribution in [3.05, 3.63) is 53.3 Å². The van der Waals surface area contributed by atoms with E-state index in [9.17, 15) is 0 Å². The molecule has 1 atom stereocenters. The highest BCUT2D eigenvalue weighted by Gasteiger charge is 2.19. The minimum Gasteiger partial charge on any atom is -0.341 e. The Balaban J connectivity index is 1.39. The van der Waals surface area contributed by atoms with Crippen LogP contribution in [0.2, 0.25) is 0 Å². The zero-order valence-corrected chi connectivity index (χ0v) is 13.5. The number of nitrogens with one attached hydrogen (secondary N) is 1. The molecule has 0 radical (unpaired) electrons. The second kappa shape index (κ2) is 6.67. The van der Waals surface area contributed by atoms with Crippen LogP contribution in [0.25, 0.3) is 0 Å². The molecule has 1 aliphatic carbocycles. The molecule has 1 fully saturated rings. The van der Waals surface area contributed by atoms with Gasteiger partial charge in [-0.1, -0.05) is 24.3 Å². The SMILES string of the molecule is c1ccc2c(c1)CCCC2NCc1cnc(N2CCCC2)nc1. The smallest absolute Gasteiger partial charge is 0.225 e. The van der Waals surface area contributed by atoms with E-state index in [-0.39, 0.29) is 0 Å². The molecule has 1 aromatic carbocycles. The lowest BCUT2D eigenvalue weighted by Crippen LogP contribution is -2.25. The van der Waals surface area contributed by atoms with Crippen molar-refractivity contribution in [1.82, 2.24) is 15.3 Å². The number of rotatable bonds is 4. The summed E-state index contributed by atoms with van der Waals surface area (Å²) in [5.41, 5.74) is 4.13. The molecule has 1 aliphatic heterocycles. The number of nitrogens with zero attached hydrogens (tertiary/aromatic N) is 3. The Labute approximate surface area is 138 Å². The monoisotopic (exact) mass is 308 g/mol. The van der Waals surface area contributed by atoms with Crippen molar-refractivity contribution in [1.29, 1.82) is 0 Å². The summed E-state index contributed by atoms with van der Waals surface area (Å²) in [5, 5.41) is 3.69. The van der Waals surface area contributed by atoms with E-state index in [0.717, 1.165) is 31.1 Å². The Hall–Kier alpha value is -1.94. The summed E-state index contributed by atoms with van der Waals surface area (Å²) in [6.45, 7) is 3.02. The summed E-state index contributed by atoms with van der Waals surface area (Å²) in [7, 11) is 0. The number of benzene rings is 1.